The van der Waals surface area contributed by atoms with Crippen LogP contribution in [0.2, 0.25) is 0 Å². The Kier molecular flexibility index (Phi) is 2.29. The second-order valence-corrected chi connectivity index (χ2v) is 6.01. The van der Waals surface area contributed by atoms with Crippen molar-refractivity contribution in [2.45, 2.75) is 0 Å². The van der Waals surface area contributed by atoms with Crippen LogP contribution in [0.15, 0.2) is 29.6 Å². The van der Waals surface area contributed by atoms with E-state index in [-0.39, 0.29) is 0 Å². The molecule has 0 spiro atoms. The average molecular weight is 292 g/mol. The van der Waals surface area contributed by atoms with Crippen LogP contribution >= 0.6 is 45.3 Å². The molecule has 0 aromatic carbocycles. The van der Waals surface area contributed by atoms with Gasteiger partial charge < -0.3 is 0 Å². The first-order valence-corrected chi connectivity index (χ1v) is 5.93. The maximum absolute atomic E-state index is 2.35. The van der Waals surface area contributed by atoms with Crippen molar-refractivity contribution in [1.82, 2.24) is 0 Å². The van der Waals surface area contributed by atoms with Gasteiger partial charge in [-0.25, -0.2) is 0 Å². The van der Waals surface area contributed by atoms with Gasteiger partial charge in [0, 0.05) is 9.75 Å². The molecule has 56 valence electrons. The van der Waals surface area contributed by atoms with E-state index in [1.165, 1.54) is 12.6 Å². The normalized spacial score (nSPS) is 10.3. The van der Waals surface area contributed by atoms with Crippen molar-refractivity contribution in [2.75, 3.05) is 0 Å². The number of rotatable bonds is 1. The zero-order valence-corrected chi connectivity index (χ0v) is 9.37. The van der Waals surface area contributed by atoms with E-state index in [2.05, 4.69) is 52.2 Å². The Morgan fingerprint density at radius 2 is 2.00 bits per heavy atom. The first-order chi connectivity index (χ1) is 5.36. The molecule has 0 aliphatic heterocycles. The molecule has 0 amide bonds. The van der Waals surface area contributed by atoms with Gasteiger partial charge >= 0.3 is 0 Å². The number of halogens is 1. The van der Waals surface area contributed by atoms with Gasteiger partial charge in [-0.2, -0.15) is 0 Å². The molecule has 0 bridgehead atoms. The molecule has 0 aliphatic rings. The van der Waals surface area contributed by atoms with Crippen molar-refractivity contribution in [2.24, 2.45) is 0 Å². The highest BCUT2D eigenvalue weighted by Gasteiger charge is 2.00. The van der Waals surface area contributed by atoms with Crippen LogP contribution in [0.3, 0.4) is 0 Å². The lowest BCUT2D eigenvalue weighted by Gasteiger charge is -1.85. The van der Waals surface area contributed by atoms with Crippen LogP contribution in [0.5, 0.6) is 0 Å². The second-order valence-electron chi connectivity index (χ2n) is 2.08. The van der Waals surface area contributed by atoms with Gasteiger partial charge in [0.1, 0.15) is 0 Å². The van der Waals surface area contributed by atoms with Gasteiger partial charge in [0.05, 0.1) is 2.88 Å². The molecule has 2 aromatic heterocycles. The van der Waals surface area contributed by atoms with Gasteiger partial charge in [0.15, 0.2) is 0 Å². The minimum absolute atomic E-state index is 1.35. The van der Waals surface area contributed by atoms with Gasteiger partial charge in [0.25, 0.3) is 0 Å². The lowest BCUT2D eigenvalue weighted by Crippen LogP contribution is -1.55. The second kappa shape index (κ2) is 3.25. The fourth-order valence-corrected chi connectivity index (χ4v) is 3.32. The summed E-state index contributed by atoms with van der Waals surface area (Å²) in [5, 5.41) is 2.11. The predicted molar refractivity (Wildman–Crippen MR) is 60.3 cm³/mol. The van der Waals surface area contributed by atoms with Gasteiger partial charge in [-0.3, -0.25) is 0 Å². The molecule has 0 fully saturated rings. The summed E-state index contributed by atoms with van der Waals surface area (Å²) in [4.78, 5) is 2.75. The minimum Gasteiger partial charge on any atom is -0.143 e. The van der Waals surface area contributed by atoms with E-state index in [0.717, 1.165) is 0 Å². The molecule has 11 heavy (non-hydrogen) atoms. The van der Waals surface area contributed by atoms with Gasteiger partial charge in [0.2, 0.25) is 0 Å². The zero-order chi connectivity index (χ0) is 7.68. The van der Waals surface area contributed by atoms with E-state index in [1.807, 2.05) is 11.3 Å². The van der Waals surface area contributed by atoms with Crippen molar-refractivity contribution in [3.8, 4) is 9.75 Å². The Balaban J connectivity index is 2.45. The average Bonchev–Trinajstić information content (AvgIpc) is 2.55. The van der Waals surface area contributed by atoms with Crippen LogP contribution in [0.1, 0.15) is 0 Å². The molecule has 3 heteroatoms. The van der Waals surface area contributed by atoms with Crippen LogP contribution < -0.4 is 0 Å². The largest absolute Gasteiger partial charge is 0.143 e. The van der Waals surface area contributed by atoms with Crippen LogP contribution in [0, 0.1) is 2.88 Å². The highest BCUT2D eigenvalue weighted by molar-refractivity contribution is 14.1. The number of thiophene rings is 2. The summed E-state index contributed by atoms with van der Waals surface area (Å²) in [5.41, 5.74) is 0. The summed E-state index contributed by atoms with van der Waals surface area (Å²) in [7, 11) is 0. The fourth-order valence-electron chi connectivity index (χ4n) is 0.865. The summed E-state index contributed by atoms with van der Waals surface area (Å²) in [6.45, 7) is 0. The molecule has 0 N–H and O–H groups in total. The van der Waals surface area contributed by atoms with Crippen molar-refractivity contribution >= 4 is 45.3 Å². The third-order valence-corrected chi connectivity index (χ3v) is 4.30. The van der Waals surface area contributed by atoms with Crippen LogP contribution in [0.4, 0.5) is 0 Å². The standard InChI is InChI=1S/C8H5IS2/c9-8-4-3-7(11-8)6-2-1-5-10-6/h1-5H. The summed E-state index contributed by atoms with van der Waals surface area (Å²) in [6.07, 6.45) is 0. The van der Waals surface area contributed by atoms with Crippen molar-refractivity contribution in [3.05, 3.63) is 32.5 Å². The SMILES string of the molecule is Ic1ccc(-c2cccs2)s1. The van der Waals surface area contributed by atoms with Crippen LogP contribution in [-0.4, -0.2) is 0 Å². The topological polar surface area (TPSA) is 0 Å². The molecule has 2 heterocycles. The molecule has 0 saturated carbocycles. The Morgan fingerprint density at radius 3 is 2.55 bits per heavy atom. The van der Waals surface area contributed by atoms with E-state index in [4.69, 9.17) is 0 Å². The van der Waals surface area contributed by atoms with E-state index in [1.54, 1.807) is 11.3 Å². The molecule has 2 aromatic rings. The first kappa shape index (κ1) is 7.76. The lowest BCUT2D eigenvalue weighted by molar-refractivity contribution is 1.91. The maximum Gasteiger partial charge on any atom is 0.0660 e. The summed E-state index contributed by atoms with van der Waals surface area (Å²) < 4.78 is 1.35. The highest BCUT2D eigenvalue weighted by Crippen LogP contribution is 2.31. The van der Waals surface area contributed by atoms with E-state index < -0.39 is 0 Å². The van der Waals surface area contributed by atoms with Crippen molar-refractivity contribution < 1.29 is 0 Å². The van der Waals surface area contributed by atoms with Crippen molar-refractivity contribution in [3.63, 3.8) is 0 Å². The molecule has 0 radical (unpaired) electrons. The third-order valence-electron chi connectivity index (χ3n) is 1.34. The Labute approximate surface area is 87.0 Å². The minimum atomic E-state index is 1.35. The molecule has 0 atom stereocenters. The summed E-state index contributed by atoms with van der Waals surface area (Å²) in [5.74, 6) is 0. The lowest BCUT2D eigenvalue weighted by atomic mass is 10.4. The van der Waals surface area contributed by atoms with E-state index in [9.17, 15) is 0 Å². The van der Waals surface area contributed by atoms with Crippen molar-refractivity contribution in [1.29, 1.82) is 0 Å². The number of hydrogen-bond donors (Lipinski definition) is 0. The third kappa shape index (κ3) is 1.65. The van der Waals surface area contributed by atoms with Crippen LogP contribution in [0.25, 0.3) is 9.75 Å². The zero-order valence-electron chi connectivity index (χ0n) is 5.58. The van der Waals surface area contributed by atoms with E-state index >= 15 is 0 Å². The summed E-state index contributed by atoms with van der Waals surface area (Å²) >= 11 is 5.99. The Bertz CT molecular complexity index is 335. The Hall–Kier alpha value is 0.130. The molecular formula is C8H5IS2. The molecule has 2 rings (SSSR count). The van der Waals surface area contributed by atoms with Gasteiger partial charge in [-0.15, -0.1) is 22.7 Å². The monoisotopic (exact) mass is 292 g/mol. The summed E-state index contributed by atoms with van der Waals surface area (Å²) in [6, 6.07) is 8.58. The van der Waals surface area contributed by atoms with Crippen LogP contribution in [-0.2, 0) is 0 Å². The molecule has 0 aliphatic carbocycles. The maximum atomic E-state index is 2.35. The van der Waals surface area contributed by atoms with Gasteiger partial charge in [-0.05, 0) is 46.2 Å². The molecule has 0 nitrogen and oxygen atoms in total. The predicted octanol–water partition coefficient (Wildman–Crippen LogP) is 4.08. The smallest absolute Gasteiger partial charge is 0.0660 e. The molecule has 0 saturated heterocycles. The molecule has 0 unspecified atom stereocenters. The highest BCUT2D eigenvalue weighted by atomic mass is 127. The van der Waals surface area contributed by atoms with E-state index in [0.29, 0.717) is 0 Å². The molecular weight excluding hydrogens is 287 g/mol. The first-order valence-electron chi connectivity index (χ1n) is 3.15. The number of hydrogen-bond acceptors (Lipinski definition) is 2. The fraction of sp³-hybridized carbons (Fsp3) is 0. The Morgan fingerprint density at radius 1 is 1.09 bits per heavy atom. The quantitative estimate of drug-likeness (QED) is 0.695. The van der Waals surface area contributed by atoms with Gasteiger partial charge in [-0.1, -0.05) is 6.07 Å².